The van der Waals surface area contributed by atoms with Crippen LogP contribution in [-0.2, 0) is 65.4 Å². The quantitative estimate of drug-likeness (QED) is 0.0222. The highest BCUT2D eigenvalue weighted by Gasteiger charge is 2.31. The van der Waals surface area contributed by atoms with Gasteiger partial charge in [-0.2, -0.15) is 0 Å². The molecule has 0 aromatic rings. The van der Waals surface area contributed by atoms with Crippen LogP contribution in [0.5, 0.6) is 0 Å². The molecule has 17 nitrogen and oxygen atoms in total. The number of unbranched alkanes of at least 4 members (excludes halogenated alkanes) is 59. The van der Waals surface area contributed by atoms with Crippen LogP contribution in [0.1, 0.15) is 485 Å². The number of carbonyl (C=O) groups excluding carboxylic acids is 4. The Morgan fingerprint density at radius 1 is 0.248 bits per heavy atom. The summed E-state index contributed by atoms with van der Waals surface area (Å²) in [5.74, 6) is -0.482. The number of phosphoric ester groups is 2. The Hall–Kier alpha value is -1.94. The van der Waals surface area contributed by atoms with Gasteiger partial charge in [0.2, 0.25) is 0 Å². The van der Waals surface area contributed by atoms with Gasteiger partial charge in [0.05, 0.1) is 26.4 Å². The first-order valence-electron chi connectivity index (χ1n) is 46.5. The van der Waals surface area contributed by atoms with Crippen molar-refractivity contribution in [1.29, 1.82) is 0 Å². The largest absolute Gasteiger partial charge is 0.472 e. The van der Waals surface area contributed by atoms with Gasteiger partial charge in [0.25, 0.3) is 0 Å². The van der Waals surface area contributed by atoms with E-state index in [1.165, 1.54) is 302 Å². The molecular formula is C90H176O17P2. The fourth-order valence-corrected chi connectivity index (χ4v) is 15.7. The van der Waals surface area contributed by atoms with E-state index in [9.17, 15) is 43.2 Å². The zero-order chi connectivity index (χ0) is 79.9. The van der Waals surface area contributed by atoms with Gasteiger partial charge in [-0.1, -0.05) is 433 Å². The minimum absolute atomic E-state index is 0.109. The van der Waals surface area contributed by atoms with Crippen LogP contribution in [0.15, 0.2) is 0 Å². The van der Waals surface area contributed by atoms with E-state index in [0.717, 1.165) is 102 Å². The average molecular weight is 1590 g/mol. The maximum absolute atomic E-state index is 13.2. The summed E-state index contributed by atoms with van der Waals surface area (Å²) in [6, 6.07) is 0. The number of aliphatic hydroxyl groups is 1. The summed E-state index contributed by atoms with van der Waals surface area (Å²) in [5.41, 5.74) is 0. The number of carbonyl (C=O) groups is 4. The van der Waals surface area contributed by atoms with Crippen LogP contribution in [0, 0.1) is 11.8 Å². The molecule has 0 spiro atoms. The second-order valence-corrected chi connectivity index (χ2v) is 36.2. The highest BCUT2D eigenvalue weighted by molar-refractivity contribution is 7.47. The molecule has 5 atom stereocenters. The third-order valence-electron chi connectivity index (χ3n) is 21.2. The first-order valence-corrected chi connectivity index (χ1v) is 49.5. The predicted molar refractivity (Wildman–Crippen MR) is 451 cm³/mol. The molecule has 0 heterocycles. The Bertz CT molecular complexity index is 2080. The summed E-state index contributed by atoms with van der Waals surface area (Å²) in [4.78, 5) is 73.4. The Morgan fingerprint density at radius 3 is 0.624 bits per heavy atom. The zero-order valence-electron chi connectivity index (χ0n) is 71.9. The van der Waals surface area contributed by atoms with Crippen LogP contribution in [0.3, 0.4) is 0 Å². The number of hydrogen-bond acceptors (Lipinski definition) is 15. The maximum atomic E-state index is 13.2. The lowest BCUT2D eigenvalue weighted by molar-refractivity contribution is -0.161. The molecule has 0 saturated heterocycles. The Morgan fingerprint density at radius 2 is 0.422 bits per heavy atom. The highest BCUT2D eigenvalue weighted by Crippen LogP contribution is 2.45. The summed E-state index contributed by atoms with van der Waals surface area (Å²) in [7, 11) is -9.94. The molecule has 648 valence electrons. The molecule has 0 radical (unpaired) electrons. The van der Waals surface area contributed by atoms with Gasteiger partial charge in [-0.25, -0.2) is 9.13 Å². The summed E-state index contributed by atoms with van der Waals surface area (Å²) in [6.45, 7) is 9.76. The number of rotatable bonds is 89. The van der Waals surface area contributed by atoms with Crippen LogP contribution in [-0.4, -0.2) is 96.7 Å². The molecule has 0 rings (SSSR count). The van der Waals surface area contributed by atoms with E-state index < -0.39 is 97.5 Å². The molecule has 0 fully saturated rings. The fourth-order valence-electron chi connectivity index (χ4n) is 14.1. The van der Waals surface area contributed by atoms with Gasteiger partial charge < -0.3 is 33.8 Å². The van der Waals surface area contributed by atoms with Gasteiger partial charge in [0.1, 0.15) is 19.3 Å². The van der Waals surface area contributed by atoms with E-state index in [-0.39, 0.29) is 25.7 Å². The van der Waals surface area contributed by atoms with E-state index in [2.05, 4.69) is 41.5 Å². The summed E-state index contributed by atoms with van der Waals surface area (Å²) in [6.07, 6.45) is 74.9. The van der Waals surface area contributed by atoms with Crippen molar-refractivity contribution in [3.63, 3.8) is 0 Å². The normalized spacial score (nSPS) is 13.8. The van der Waals surface area contributed by atoms with E-state index in [1.54, 1.807) is 0 Å². The van der Waals surface area contributed by atoms with Crippen molar-refractivity contribution in [3.8, 4) is 0 Å². The van der Waals surface area contributed by atoms with Gasteiger partial charge >= 0.3 is 39.5 Å². The molecule has 0 aliphatic rings. The second kappa shape index (κ2) is 81.2. The van der Waals surface area contributed by atoms with Crippen molar-refractivity contribution in [1.82, 2.24) is 0 Å². The lowest BCUT2D eigenvalue weighted by Crippen LogP contribution is -2.30. The van der Waals surface area contributed by atoms with E-state index in [0.29, 0.717) is 25.7 Å². The minimum atomic E-state index is -4.97. The molecule has 3 N–H and O–H groups in total. The number of hydrogen-bond donors (Lipinski definition) is 3. The lowest BCUT2D eigenvalue weighted by atomic mass is 10.0. The Balaban J connectivity index is 5.26. The number of ether oxygens (including phenoxy) is 4. The van der Waals surface area contributed by atoms with E-state index in [4.69, 9.17) is 37.0 Å². The molecule has 0 aromatic heterocycles. The molecule has 19 heteroatoms. The first-order chi connectivity index (χ1) is 52.9. The van der Waals surface area contributed by atoms with Crippen LogP contribution >= 0.6 is 15.6 Å². The monoisotopic (exact) mass is 1590 g/mol. The number of esters is 4. The van der Waals surface area contributed by atoms with Gasteiger partial charge in [0.15, 0.2) is 12.2 Å². The van der Waals surface area contributed by atoms with Crippen molar-refractivity contribution in [2.45, 2.75) is 503 Å². The zero-order valence-corrected chi connectivity index (χ0v) is 73.7. The van der Waals surface area contributed by atoms with Gasteiger partial charge in [-0.15, -0.1) is 0 Å². The Labute approximate surface area is 670 Å². The molecular weight excluding hydrogens is 1410 g/mol. The second-order valence-electron chi connectivity index (χ2n) is 33.3. The lowest BCUT2D eigenvalue weighted by Gasteiger charge is -2.21. The predicted octanol–water partition coefficient (Wildman–Crippen LogP) is 27.8. The van der Waals surface area contributed by atoms with Gasteiger partial charge in [-0.05, 0) is 37.5 Å². The van der Waals surface area contributed by atoms with Gasteiger partial charge in [-0.3, -0.25) is 37.3 Å². The standard InChI is InChI=1S/C90H176O17P2/c1-7-9-11-13-15-17-19-21-22-23-24-25-31-37-43-49-55-61-67-73-88(93)101-79-86(107-89(94)74-68-62-56-50-44-38-32-27-26-29-35-40-46-52-58-64-70-82(3)4)81-105-109(98,99)103-77-84(91)76-102-108(96,97)104-80-85(78-100-87(92)72-66-60-54-48-42-34-20-18-16-14-12-10-8-2)106-90(95)75-69-63-57-51-45-39-33-28-30-36-41-47-53-59-65-71-83(5)6/h82-86,91H,7-81H2,1-6H3,(H,96,97)(H,98,99)/t84-,85+,86+/m0/s1. The highest BCUT2D eigenvalue weighted by atomic mass is 31.2. The fraction of sp³-hybridized carbons (Fsp3) is 0.956. The summed E-state index contributed by atoms with van der Waals surface area (Å²) < 4.78 is 69.1. The minimum Gasteiger partial charge on any atom is -0.462 e. The number of phosphoric acid groups is 2. The van der Waals surface area contributed by atoms with Crippen molar-refractivity contribution in [3.05, 3.63) is 0 Å². The smallest absolute Gasteiger partial charge is 0.462 e. The van der Waals surface area contributed by atoms with Crippen LogP contribution in [0.2, 0.25) is 0 Å². The maximum Gasteiger partial charge on any atom is 0.472 e. The SMILES string of the molecule is CCCCCCCCCCCCCCCCCCCCCC(=O)OC[C@H](COP(=O)(O)OC[C@@H](O)COP(=O)(O)OC[C@@H](COC(=O)CCCCCCCCCCCCCCC)OC(=O)CCCCCCCCCCCCCCCCCC(C)C)OC(=O)CCCCCCCCCCCCCCCCCCC(C)C. The molecule has 0 aliphatic heterocycles. The number of aliphatic hydroxyl groups excluding tert-OH is 1. The third-order valence-corrected chi connectivity index (χ3v) is 23.1. The molecule has 0 saturated carbocycles. The van der Waals surface area contributed by atoms with Crippen LogP contribution in [0.4, 0.5) is 0 Å². The van der Waals surface area contributed by atoms with Crippen molar-refractivity contribution in [2.75, 3.05) is 39.6 Å². The van der Waals surface area contributed by atoms with Crippen LogP contribution < -0.4 is 0 Å². The average Bonchev–Trinajstić information content (AvgIpc) is 0.900. The van der Waals surface area contributed by atoms with E-state index >= 15 is 0 Å². The third kappa shape index (κ3) is 83.8. The van der Waals surface area contributed by atoms with Crippen LogP contribution in [0.25, 0.3) is 0 Å². The van der Waals surface area contributed by atoms with Gasteiger partial charge in [0, 0.05) is 25.7 Å². The molecule has 0 aliphatic carbocycles. The Kier molecular flexibility index (Phi) is 79.8. The molecule has 2 unspecified atom stereocenters. The van der Waals surface area contributed by atoms with Crippen molar-refractivity contribution < 1.29 is 80.2 Å². The topological polar surface area (TPSA) is 237 Å². The van der Waals surface area contributed by atoms with Crippen molar-refractivity contribution in [2.24, 2.45) is 11.8 Å². The first kappa shape index (κ1) is 107. The summed E-state index contributed by atoms with van der Waals surface area (Å²) in [5, 5.41) is 10.7. The molecule has 0 aromatic carbocycles. The summed E-state index contributed by atoms with van der Waals surface area (Å²) >= 11 is 0. The van der Waals surface area contributed by atoms with Crippen molar-refractivity contribution >= 4 is 39.5 Å². The molecule has 0 bridgehead atoms. The molecule has 109 heavy (non-hydrogen) atoms. The van der Waals surface area contributed by atoms with E-state index in [1.807, 2.05) is 0 Å². The molecule has 0 amide bonds.